The van der Waals surface area contributed by atoms with E-state index in [4.69, 9.17) is 0 Å². The maximum absolute atomic E-state index is 9.85. The molecule has 0 radical (unpaired) electrons. The molecule has 3 heteroatoms. The monoisotopic (exact) mass is 172 g/mol. The summed E-state index contributed by atoms with van der Waals surface area (Å²) in [7, 11) is 0. The highest BCUT2D eigenvalue weighted by Crippen LogP contribution is 2.32. The number of benzene rings is 1. The Bertz CT molecular complexity index is 528. The first-order valence-electron chi connectivity index (χ1n) is 4.12. The number of H-pyrrole nitrogens is 2. The average Bonchev–Trinajstić information content (AvgIpc) is 2.71. The highest BCUT2D eigenvalue weighted by atomic mass is 16.3. The summed E-state index contributed by atoms with van der Waals surface area (Å²) >= 11 is 0. The summed E-state index contributed by atoms with van der Waals surface area (Å²) in [5, 5.41) is 11.6. The summed E-state index contributed by atoms with van der Waals surface area (Å²) in [6, 6.07) is 5.73. The lowest BCUT2D eigenvalue weighted by molar-refractivity contribution is 0.488. The van der Waals surface area contributed by atoms with Crippen LogP contribution in [0, 0.1) is 0 Å². The van der Waals surface area contributed by atoms with Gasteiger partial charge in [-0.15, -0.1) is 0 Å². The summed E-state index contributed by atoms with van der Waals surface area (Å²) in [4.78, 5) is 6.12. The number of phenols is 1. The molecule has 3 nitrogen and oxygen atoms in total. The van der Waals surface area contributed by atoms with Crippen LogP contribution in [0.4, 0.5) is 0 Å². The minimum atomic E-state index is 0.343. The number of nitrogens with one attached hydrogen (secondary N) is 2. The Labute approximate surface area is 74.0 Å². The van der Waals surface area contributed by atoms with Gasteiger partial charge in [0.25, 0.3) is 0 Å². The number of aromatic hydroxyl groups is 1. The van der Waals surface area contributed by atoms with E-state index in [2.05, 4.69) is 9.97 Å². The number of fused-ring (bicyclic) bond motifs is 2. The molecule has 0 saturated heterocycles. The van der Waals surface area contributed by atoms with Crippen molar-refractivity contribution >= 4 is 21.8 Å². The fraction of sp³-hybridized carbons (Fsp3) is 0. The van der Waals surface area contributed by atoms with Crippen molar-refractivity contribution in [1.29, 1.82) is 0 Å². The number of hydrogen-bond donors (Lipinski definition) is 3. The van der Waals surface area contributed by atoms with Crippen LogP contribution >= 0.6 is 0 Å². The third kappa shape index (κ3) is 0.731. The zero-order valence-corrected chi connectivity index (χ0v) is 6.83. The number of aromatic amines is 2. The standard InChI is InChI=1S/C10H8N2O/c13-10-6-1-3-11-8(6)5-9-7(10)2-4-12-9/h1-5,11-13H. The predicted molar refractivity (Wildman–Crippen MR) is 51.8 cm³/mol. The molecule has 1 aromatic carbocycles. The molecular weight excluding hydrogens is 164 g/mol. The maximum Gasteiger partial charge on any atom is 0.134 e. The van der Waals surface area contributed by atoms with Crippen molar-refractivity contribution in [3.8, 4) is 5.75 Å². The van der Waals surface area contributed by atoms with Gasteiger partial charge in [0.1, 0.15) is 5.75 Å². The van der Waals surface area contributed by atoms with E-state index < -0.39 is 0 Å². The number of aromatic nitrogens is 2. The average molecular weight is 172 g/mol. The van der Waals surface area contributed by atoms with Crippen molar-refractivity contribution in [1.82, 2.24) is 9.97 Å². The van der Waals surface area contributed by atoms with E-state index in [1.165, 1.54) is 0 Å². The molecule has 2 aromatic heterocycles. The van der Waals surface area contributed by atoms with Gasteiger partial charge in [0, 0.05) is 23.2 Å². The Balaban J connectivity index is 2.67. The number of rotatable bonds is 0. The molecule has 13 heavy (non-hydrogen) atoms. The lowest BCUT2D eigenvalue weighted by Gasteiger charge is -1.97. The molecule has 0 amide bonds. The predicted octanol–water partition coefficient (Wildman–Crippen LogP) is 2.35. The van der Waals surface area contributed by atoms with Crippen LogP contribution < -0.4 is 0 Å². The van der Waals surface area contributed by atoms with E-state index in [1.807, 2.05) is 30.6 Å². The summed E-state index contributed by atoms with van der Waals surface area (Å²) < 4.78 is 0. The second-order valence-corrected chi connectivity index (χ2v) is 3.10. The van der Waals surface area contributed by atoms with Crippen molar-refractivity contribution in [2.45, 2.75) is 0 Å². The van der Waals surface area contributed by atoms with Gasteiger partial charge in [0.05, 0.1) is 11.0 Å². The van der Waals surface area contributed by atoms with Gasteiger partial charge in [0.2, 0.25) is 0 Å². The van der Waals surface area contributed by atoms with Gasteiger partial charge in [-0.25, -0.2) is 0 Å². The molecule has 3 rings (SSSR count). The molecule has 0 saturated carbocycles. The van der Waals surface area contributed by atoms with Crippen LogP contribution in [0.1, 0.15) is 0 Å². The highest BCUT2D eigenvalue weighted by molar-refractivity contribution is 6.02. The minimum absolute atomic E-state index is 0.343. The van der Waals surface area contributed by atoms with Crippen LogP contribution in [0.15, 0.2) is 30.6 Å². The zero-order chi connectivity index (χ0) is 8.84. The molecule has 64 valence electrons. The van der Waals surface area contributed by atoms with E-state index in [-0.39, 0.29) is 0 Å². The largest absolute Gasteiger partial charge is 0.507 e. The molecule has 0 fully saturated rings. The van der Waals surface area contributed by atoms with E-state index in [0.717, 1.165) is 21.8 Å². The summed E-state index contributed by atoms with van der Waals surface area (Å²) in [6.07, 6.45) is 3.65. The first-order valence-corrected chi connectivity index (χ1v) is 4.12. The lowest BCUT2D eigenvalue weighted by Crippen LogP contribution is -1.72. The van der Waals surface area contributed by atoms with Gasteiger partial charge in [-0.2, -0.15) is 0 Å². The number of hydrogen-bond acceptors (Lipinski definition) is 1. The topological polar surface area (TPSA) is 51.8 Å². The molecule has 0 aliphatic rings. The van der Waals surface area contributed by atoms with Gasteiger partial charge in [-0.05, 0) is 18.2 Å². The van der Waals surface area contributed by atoms with Crippen molar-refractivity contribution < 1.29 is 5.11 Å². The smallest absolute Gasteiger partial charge is 0.134 e. The Kier molecular flexibility index (Phi) is 1.05. The minimum Gasteiger partial charge on any atom is -0.507 e. The second-order valence-electron chi connectivity index (χ2n) is 3.10. The normalized spacial score (nSPS) is 11.4. The molecule has 0 aliphatic heterocycles. The van der Waals surface area contributed by atoms with Gasteiger partial charge in [0.15, 0.2) is 0 Å². The Morgan fingerprint density at radius 1 is 0.923 bits per heavy atom. The Morgan fingerprint density at radius 2 is 1.46 bits per heavy atom. The fourth-order valence-corrected chi connectivity index (χ4v) is 1.71. The van der Waals surface area contributed by atoms with E-state index in [1.54, 1.807) is 0 Å². The van der Waals surface area contributed by atoms with E-state index in [0.29, 0.717) is 5.75 Å². The maximum atomic E-state index is 9.85. The summed E-state index contributed by atoms with van der Waals surface area (Å²) in [6.45, 7) is 0. The van der Waals surface area contributed by atoms with E-state index >= 15 is 0 Å². The zero-order valence-electron chi connectivity index (χ0n) is 6.83. The van der Waals surface area contributed by atoms with Crippen LogP contribution in [0.25, 0.3) is 21.8 Å². The Hall–Kier alpha value is -1.90. The first kappa shape index (κ1) is 6.60. The fourth-order valence-electron chi connectivity index (χ4n) is 1.71. The molecule has 0 unspecified atom stereocenters. The molecule has 3 N–H and O–H groups in total. The molecule has 0 spiro atoms. The van der Waals surface area contributed by atoms with Crippen LogP contribution in [0.2, 0.25) is 0 Å². The third-order valence-corrected chi connectivity index (χ3v) is 2.36. The molecular formula is C10H8N2O. The quantitative estimate of drug-likeness (QED) is 0.479. The number of phenolic OH excluding ortho intramolecular Hbond substituents is 1. The van der Waals surface area contributed by atoms with Crippen molar-refractivity contribution in [2.24, 2.45) is 0 Å². The first-order chi connectivity index (χ1) is 6.36. The van der Waals surface area contributed by atoms with Gasteiger partial charge in [-0.1, -0.05) is 0 Å². The van der Waals surface area contributed by atoms with Crippen LogP contribution in [-0.2, 0) is 0 Å². The third-order valence-electron chi connectivity index (χ3n) is 2.36. The summed E-state index contributed by atoms with van der Waals surface area (Å²) in [5.74, 6) is 0.343. The van der Waals surface area contributed by atoms with Crippen molar-refractivity contribution in [3.63, 3.8) is 0 Å². The van der Waals surface area contributed by atoms with Gasteiger partial charge in [-0.3, -0.25) is 0 Å². The van der Waals surface area contributed by atoms with E-state index in [9.17, 15) is 5.11 Å². The second kappa shape index (κ2) is 2.07. The molecule has 0 aliphatic carbocycles. The summed E-state index contributed by atoms with van der Waals surface area (Å²) in [5.41, 5.74) is 1.90. The van der Waals surface area contributed by atoms with Gasteiger partial charge < -0.3 is 15.1 Å². The van der Waals surface area contributed by atoms with Crippen molar-refractivity contribution in [2.75, 3.05) is 0 Å². The van der Waals surface area contributed by atoms with Crippen LogP contribution in [-0.4, -0.2) is 15.1 Å². The van der Waals surface area contributed by atoms with Gasteiger partial charge >= 0.3 is 0 Å². The lowest BCUT2D eigenvalue weighted by atomic mass is 10.1. The van der Waals surface area contributed by atoms with Crippen LogP contribution in [0.5, 0.6) is 5.75 Å². The Morgan fingerprint density at radius 3 is 2.00 bits per heavy atom. The molecule has 3 aromatic rings. The molecule has 2 heterocycles. The van der Waals surface area contributed by atoms with Crippen molar-refractivity contribution in [3.05, 3.63) is 30.6 Å². The highest BCUT2D eigenvalue weighted by Gasteiger charge is 2.06. The molecule has 0 atom stereocenters. The SMILES string of the molecule is Oc1c2cc[nH]c2cc2[nH]ccc12. The van der Waals surface area contributed by atoms with Crippen LogP contribution in [0.3, 0.4) is 0 Å². The molecule has 0 bridgehead atoms.